The molecule has 1 aromatic heterocycles. The number of carbonyl (C=O) groups is 1. The van der Waals surface area contributed by atoms with Crippen molar-refractivity contribution in [3.63, 3.8) is 0 Å². The first kappa shape index (κ1) is 18.7. The second-order valence-electron chi connectivity index (χ2n) is 6.00. The van der Waals surface area contributed by atoms with Crippen LogP contribution in [0.3, 0.4) is 0 Å². The lowest BCUT2D eigenvalue weighted by molar-refractivity contribution is -0.136. The zero-order chi connectivity index (χ0) is 19.2. The second kappa shape index (κ2) is 8.56. The normalized spacial score (nSPS) is 16.6. The Kier molecular flexibility index (Phi) is 5.94. The number of hydrogen-bond donors (Lipinski definition) is 1. The van der Waals surface area contributed by atoms with Gasteiger partial charge < -0.3 is 10.1 Å². The molecule has 1 N–H and O–H groups in total. The van der Waals surface area contributed by atoms with Crippen molar-refractivity contribution in [1.29, 1.82) is 5.26 Å². The molecular formula is C21H19N3O2S. The van der Waals surface area contributed by atoms with Crippen LogP contribution in [0, 0.1) is 11.3 Å². The highest BCUT2D eigenvalue weighted by molar-refractivity contribution is 8.02. The maximum absolute atomic E-state index is 12.4. The first-order valence-corrected chi connectivity index (χ1v) is 9.41. The molecule has 1 aliphatic rings. The monoisotopic (exact) mass is 377 g/mol. The number of nitrogens with zero attached hydrogens (tertiary/aromatic N) is 2. The molecule has 0 radical (unpaired) electrons. The number of pyridine rings is 1. The summed E-state index contributed by atoms with van der Waals surface area (Å²) in [5.41, 5.74) is 3.62. The summed E-state index contributed by atoms with van der Waals surface area (Å²) < 4.78 is 4.99. The number of dihydropyridines is 1. The van der Waals surface area contributed by atoms with Crippen LogP contribution in [0.1, 0.15) is 24.0 Å². The van der Waals surface area contributed by atoms with Crippen LogP contribution in [-0.2, 0) is 15.3 Å². The molecule has 136 valence electrons. The number of methoxy groups -OCH3 is 1. The Morgan fingerprint density at radius 3 is 2.70 bits per heavy atom. The molecule has 0 bridgehead atoms. The van der Waals surface area contributed by atoms with Crippen LogP contribution < -0.4 is 5.32 Å². The van der Waals surface area contributed by atoms with Gasteiger partial charge in [0.25, 0.3) is 0 Å². The van der Waals surface area contributed by atoms with Crippen LogP contribution in [-0.4, -0.2) is 18.1 Å². The van der Waals surface area contributed by atoms with E-state index in [1.807, 2.05) is 49.4 Å². The van der Waals surface area contributed by atoms with E-state index in [9.17, 15) is 10.1 Å². The molecule has 1 atom stereocenters. The largest absolute Gasteiger partial charge is 0.466 e. The smallest absolute Gasteiger partial charge is 0.336 e. The predicted octanol–water partition coefficient (Wildman–Crippen LogP) is 3.88. The molecule has 0 fully saturated rings. The van der Waals surface area contributed by atoms with Crippen molar-refractivity contribution in [2.75, 3.05) is 7.11 Å². The summed E-state index contributed by atoms with van der Waals surface area (Å²) in [4.78, 5) is 16.6. The predicted molar refractivity (Wildman–Crippen MR) is 105 cm³/mol. The van der Waals surface area contributed by atoms with Crippen molar-refractivity contribution in [3.8, 4) is 6.07 Å². The van der Waals surface area contributed by atoms with Crippen LogP contribution >= 0.6 is 11.8 Å². The van der Waals surface area contributed by atoms with Gasteiger partial charge in [-0.05, 0) is 24.1 Å². The van der Waals surface area contributed by atoms with Crippen LogP contribution in [0.2, 0.25) is 0 Å². The molecule has 0 saturated heterocycles. The Hall–Kier alpha value is -3.04. The molecule has 2 aromatic rings. The third kappa shape index (κ3) is 4.04. The minimum atomic E-state index is -0.457. The molecular weight excluding hydrogens is 358 g/mol. The fourth-order valence-corrected chi connectivity index (χ4v) is 4.05. The number of allylic oxidation sites excluding steroid dienone is 2. The van der Waals surface area contributed by atoms with Crippen molar-refractivity contribution in [2.24, 2.45) is 0 Å². The molecule has 0 amide bonds. The number of benzene rings is 1. The number of esters is 1. The quantitative estimate of drug-likeness (QED) is 0.797. The van der Waals surface area contributed by atoms with Gasteiger partial charge >= 0.3 is 5.97 Å². The molecule has 5 nitrogen and oxygen atoms in total. The number of ether oxygens (including phenoxy) is 1. The van der Waals surface area contributed by atoms with Gasteiger partial charge in [0.1, 0.15) is 0 Å². The van der Waals surface area contributed by atoms with Gasteiger partial charge in [-0.25, -0.2) is 4.79 Å². The molecule has 1 aliphatic heterocycles. The molecule has 1 unspecified atom stereocenters. The third-order valence-electron chi connectivity index (χ3n) is 4.29. The molecule has 0 saturated carbocycles. The highest BCUT2D eigenvalue weighted by Crippen LogP contribution is 2.41. The van der Waals surface area contributed by atoms with E-state index in [4.69, 9.17) is 4.74 Å². The number of carbonyl (C=O) groups excluding carboxylic acids is 1. The van der Waals surface area contributed by atoms with Crippen molar-refractivity contribution in [3.05, 3.63) is 87.9 Å². The fourth-order valence-electron chi connectivity index (χ4n) is 3.02. The van der Waals surface area contributed by atoms with E-state index in [2.05, 4.69) is 16.4 Å². The van der Waals surface area contributed by atoms with E-state index in [1.54, 1.807) is 12.4 Å². The molecule has 0 aliphatic carbocycles. The van der Waals surface area contributed by atoms with Gasteiger partial charge in [0.05, 0.1) is 35.3 Å². The maximum atomic E-state index is 12.4. The topological polar surface area (TPSA) is 75.0 Å². The number of aromatic nitrogens is 1. The average molecular weight is 377 g/mol. The summed E-state index contributed by atoms with van der Waals surface area (Å²) in [5.74, 6) is -0.219. The van der Waals surface area contributed by atoms with E-state index >= 15 is 0 Å². The van der Waals surface area contributed by atoms with Crippen molar-refractivity contribution in [2.45, 2.75) is 18.6 Å². The van der Waals surface area contributed by atoms with Crippen molar-refractivity contribution in [1.82, 2.24) is 10.3 Å². The van der Waals surface area contributed by atoms with E-state index in [-0.39, 0.29) is 0 Å². The summed E-state index contributed by atoms with van der Waals surface area (Å²) in [6.45, 7) is 1.83. The first-order chi connectivity index (χ1) is 13.2. The fraction of sp³-hybridized carbons (Fsp3) is 0.190. The van der Waals surface area contributed by atoms with Gasteiger partial charge in [0.15, 0.2) is 0 Å². The highest BCUT2D eigenvalue weighted by atomic mass is 32.2. The molecule has 1 aromatic carbocycles. The number of nitrogens with one attached hydrogen (secondary N) is 1. The number of thioether (sulfide) groups is 1. The zero-order valence-corrected chi connectivity index (χ0v) is 15.9. The van der Waals surface area contributed by atoms with E-state index in [0.29, 0.717) is 22.6 Å². The Balaban J connectivity index is 2.01. The molecule has 3 rings (SSSR count). The van der Waals surface area contributed by atoms with Gasteiger partial charge in [-0.1, -0.05) is 36.4 Å². The lowest BCUT2D eigenvalue weighted by Crippen LogP contribution is -2.28. The molecule has 2 heterocycles. The highest BCUT2D eigenvalue weighted by Gasteiger charge is 2.35. The molecule has 0 spiro atoms. The maximum Gasteiger partial charge on any atom is 0.336 e. The lowest BCUT2D eigenvalue weighted by Gasteiger charge is -2.29. The van der Waals surface area contributed by atoms with Gasteiger partial charge in [-0.15, -0.1) is 11.8 Å². The van der Waals surface area contributed by atoms with Crippen molar-refractivity contribution < 1.29 is 9.53 Å². The van der Waals surface area contributed by atoms with E-state index in [1.165, 1.54) is 18.9 Å². The summed E-state index contributed by atoms with van der Waals surface area (Å²) in [6.07, 6.45) is 3.54. The Labute approximate surface area is 162 Å². The summed E-state index contributed by atoms with van der Waals surface area (Å²) in [5, 5.41) is 13.9. The number of rotatable bonds is 5. The SMILES string of the molecule is COC(=O)C1=C(C)NC(SCc2cccnc2)=C(C#N)C1c1ccccc1. The summed E-state index contributed by atoms with van der Waals surface area (Å²) in [6, 6.07) is 15.7. The van der Waals surface area contributed by atoms with Crippen LogP contribution in [0.4, 0.5) is 0 Å². The Bertz CT molecular complexity index is 931. The van der Waals surface area contributed by atoms with E-state index < -0.39 is 11.9 Å². The van der Waals surface area contributed by atoms with Gasteiger partial charge in [0, 0.05) is 23.8 Å². The number of hydrogen-bond acceptors (Lipinski definition) is 6. The van der Waals surface area contributed by atoms with Gasteiger partial charge in [0.2, 0.25) is 0 Å². The number of nitriles is 1. The van der Waals surface area contributed by atoms with E-state index in [0.717, 1.165) is 16.2 Å². The molecule has 6 heteroatoms. The minimum absolute atomic E-state index is 0.432. The van der Waals surface area contributed by atoms with Crippen LogP contribution in [0.25, 0.3) is 0 Å². The summed E-state index contributed by atoms with van der Waals surface area (Å²) in [7, 11) is 1.35. The lowest BCUT2D eigenvalue weighted by atomic mass is 9.82. The standard InChI is InChI=1S/C21H19N3O2S/c1-14-18(21(25)26-2)19(16-8-4-3-5-9-16)17(11-22)20(24-14)27-13-15-7-6-10-23-12-15/h3-10,12,19,24H,13H2,1-2H3. The van der Waals surface area contributed by atoms with Crippen LogP contribution in [0.5, 0.6) is 0 Å². The van der Waals surface area contributed by atoms with Gasteiger partial charge in [-0.2, -0.15) is 5.26 Å². The Morgan fingerprint density at radius 2 is 2.07 bits per heavy atom. The Morgan fingerprint density at radius 1 is 1.30 bits per heavy atom. The molecule has 27 heavy (non-hydrogen) atoms. The second-order valence-corrected chi connectivity index (χ2v) is 6.99. The van der Waals surface area contributed by atoms with Gasteiger partial charge in [-0.3, -0.25) is 4.98 Å². The van der Waals surface area contributed by atoms with Crippen LogP contribution in [0.15, 0.2) is 76.7 Å². The zero-order valence-electron chi connectivity index (χ0n) is 15.1. The van der Waals surface area contributed by atoms with Crippen molar-refractivity contribution >= 4 is 17.7 Å². The third-order valence-corrected chi connectivity index (χ3v) is 5.38. The summed E-state index contributed by atoms with van der Waals surface area (Å²) >= 11 is 1.53. The first-order valence-electron chi connectivity index (χ1n) is 8.42. The average Bonchev–Trinajstić information content (AvgIpc) is 2.72. The minimum Gasteiger partial charge on any atom is -0.466 e.